The van der Waals surface area contributed by atoms with E-state index in [1.54, 1.807) is 11.1 Å². The zero-order valence-electron chi connectivity index (χ0n) is 13.4. The number of hydrogen-bond acceptors (Lipinski definition) is 0. The molecule has 2 aromatic carbocycles. The average molecular weight is 278 g/mol. The summed E-state index contributed by atoms with van der Waals surface area (Å²) in [7, 11) is 0. The van der Waals surface area contributed by atoms with Crippen LogP contribution in [0.15, 0.2) is 36.4 Å². The van der Waals surface area contributed by atoms with Gasteiger partial charge in [-0.3, -0.25) is 0 Å². The smallest absolute Gasteiger partial charge is 0.0235 e. The van der Waals surface area contributed by atoms with E-state index in [4.69, 9.17) is 0 Å². The predicted molar refractivity (Wildman–Crippen MR) is 91.0 cm³/mol. The highest BCUT2D eigenvalue weighted by molar-refractivity contribution is 5.38. The van der Waals surface area contributed by atoms with E-state index in [0.717, 1.165) is 0 Å². The van der Waals surface area contributed by atoms with Gasteiger partial charge in [-0.1, -0.05) is 42.8 Å². The summed E-state index contributed by atoms with van der Waals surface area (Å²) in [4.78, 5) is 0. The molecule has 0 heterocycles. The topological polar surface area (TPSA) is 0 Å². The Hall–Kier alpha value is -1.56. The standard InChI is InChI=1S/C21H26/c1-16-18-8-4-3-5-9-19-11-7-13-21(17(19)2)15-14-20(16)12-6-10-18/h6-7,10-13H,3-5,8-9,14-15H2,1-2H3. The van der Waals surface area contributed by atoms with Gasteiger partial charge in [0.25, 0.3) is 0 Å². The maximum absolute atomic E-state index is 2.32. The molecule has 0 aliphatic heterocycles. The van der Waals surface area contributed by atoms with Crippen LogP contribution in [0, 0.1) is 13.8 Å². The Morgan fingerprint density at radius 2 is 0.905 bits per heavy atom. The average Bonchev–Trinajstić information content (AvgIpc) is 2.49. The Labute approximate surface area is 129 Å². The molecule has 0 atom stereocenters. The Kier molecular flexibility index (Phi) is 4.43. The maximum atomic E-state index is 2.32. The monoisotopic (exact) mass is 278 g/mol. The zero-order chi connectivity index (χ0) is 14.7. The molecule has 0 heteroatoms. The summed E-state index contributed by atoms with van der Waals surface area (Å²) in [6, 6.07) is 13.8. The minimum atomic E-state index is 1.17. The molecule has 0 fully saturated rings. The third-order valence-electron chi connectivity index (χ3n) is 5.17. The van der Waals surface area contributed by atoms with Crippen LogP contribution in [0.2, 0.25) is 0 Å². The van der Waals surface area contributed by atoms with Crippen molar-refractivity contribution in [3.8, 4) is 0 Å². The minimum absolute atomic E-state index is 1.17. The van der Waals surface area contributed by atoms with Crippen LogP contribution < -0.4 is 0 Å². The minimum Gasteiger partial charge on any atom is -0.0617 e. The SMILES string of the molecule is Cc1c2cccc1CCc1cccc(c1C)CCCCC2. The second kappa shape index (κ2) is 6.47. The molecule has 0 nitrogen and oxygen atoms in total. The Morgan fingerprint density at radius 1 is 0.524 bits per heavy atom. The summed E-state index contributed by atoms with van der Waals surface area (Å²) in [6.45, 7) is 4.63. The fraction of sp³-hybridized carbons (Fsp3) is 0.429. The van der Waals surface area contributed by atoms with Crippen molar-refractivity contribution < 1.29 is 0 Å². The van der Waals surface area contributed by atoms with Gasteiger partial charge in [0.05, 0.1) is 0 Å². The first kappa shape index (κ1) is 14.4. The zero-order valence-corrected chi connectivity index (χ0v) is 13.4. The van der Waals surface area contributed by atoms with Gasteiger partial charge < -0.3 is 0 Å². The molecule has 0 saturated carbocycles. The van der Waals surface area contributed by atoms with Gasteiger partial charge in [-0.2, -0.15) is 0 Å². The molecule has 0 amide bonds. The molecular formula is C21H26. The summed E-state index contributed by atoms with van der Waals surface area (Å²) in [6.07, 6.45) is 8.82. The van der Waals surface area contributed by atoms with Gasteiger partial charge >= 0.3 is 0 Å². The van der Waals surface area contributed by atoms with Crippen molar-refractivity contribution >= 4 is 0 Å². The summed E-state index contributed by atoms with van der Waals surface area (Å²) in [5.41, 5.74) is 9.27. The van der Waals surface area contributed by atoms with Gasteiger partial charge in [0.15, 0.2) is 0 Å². The number of aryl methyl sites for hydroxylation is 4. The highest BCUT2D eigenvalue weighted by Gasteiger charge is 2.09. The van der Waals surface area contributed by atoms with Gasteiger partial charge in [-0.05, 0) is 85.8 Å². The number of rotatable bonds is 0. The van der Waals surface area contributed by atoms with Crippen LogP contribution in [-0.2, 0) is 25.7 Å². The lowest BCUT2D eigenvalue weighted by Gasteiger charge is -2.13. The van der Waals surface area contributed by atoms with Crippen LogP contribution in [0.25, 0.3) is 0 Å². The first-order chi connectivity index (χ1) is 10.3. The molecule has 1 aliphatic carbocycles. The van der Waals surface area contributed by atoms with Crippen LogP contribution >= 0.6 is 0 Å². The molecule has 3 rings (SSSR count). The predicted octanol–water partition coefficient (Wildman–Crippen LogP) is 5.36. The fourth-order valence-electron chi connectivity index (χ4n) is 3.63. The third kappa shape index (κ3) is 3.20. The van der Waals surface area contributed by atoms with Crippen LogP contribution in [0.1, 0.15) is 52.6 Å². The molecule has 0 N–H and O–H groups in total. The molecule has 0 radical (unpaired) electrons. The quantitative estimate of drug-likeness (QED) is 0.608. The van der Waals surface area contributed by atoms with Crippen molar-refractivity contribution in [3.05, 3.63) is 69.8 Å². The molecule has 0 spiro atoms. The van der Waals surface area contributed by atoms with Gasteiger partial charge in [0.2, 0.25) is 0 Å². The Morgan fingerprint density at radius 3 is 1.33 bits per heavy atom. The molecule has 2 aromatic rings. The van der Waals surface area contributed by atoms with Crippen molar-refractivity contribution in [1.29, 1.82) is 0 Å². The second-order valence-corrected chi connectivity index (χ2v) is 6.46. The Balaban J connectivity index is 1.94. The van der Waals surface area contributed by atoms with Crippen LogP contribution in [0.5, 0.6) is 0 Å². The van der Waals surface area contributed by atoms with Gasteiger partial charge in [0, 0.05) is 0 Å². The van der Waals surface area contributed by atoms with E-state index in [1.165, 1.54) is 67.2 Å². The molecule has 110 valence electrons. The van der Waals surface area contributed by atoms with Crippen LogP contribution in [-0.4, -0.2) is 0 Å². The Bertz CT molecular complexity index is 566. The van der Waals surface area contributed by atoms with Crippen molar-refractivity contribution in [2.45, 2.75) is 58.8 Å². The van der Waals surface area contributed by atoms with Crippen molar-refractivity contribution in [3.63, 3.8) is 0 Å². The largest absolute Gasteiger partial charge is 0.0617 e. The fourth-order valence-corrected chi connectivity index (χ4v) is 3.63. The van der Waals surface area contributed by atoms with E-state index in [2.05, 4.69) is 50.2 Å². The van der Waals surface area contributed by atoms with Crippen LogP contribution in [0.3, 0.4) is 0 Å². The lowest BCUT2D eigenvalue weighted by atomic mass is 9.93. The number of fused-ring (bicyclic) bond motifs is 4. The molecule has 0 saturated heterocycles. The lowest BCUT2D eigenvalue weighted by Crippen LogP contribution is -2.00. The van der Waals surface area contributed by atoms with E-state index < -0.39 is 0 Å². The number of hydrogen-bond donors (Lipinski definition) is 0. The van der Waals surface area contributed by atoms with Crippen molar-refractivity contribution in [1.82, 2.24) is 0 Å². The molecule has 0 unspecified atom stereocenters. The molecular weight excluding hydrogens is 252 g/mol. The van der Waals surface area contributed by atoms with Crippen LogP contribution in [0.4, 0.5) is 0 Å². The van der Waals surface area contributed by atoms with E-state index >= 15 is 0 Å². The first-order valence-corrected chi connectivity index (χ1v) is 8.40. The summed E-state index contributed by atoms with van der Waals surface area (Å²) >= 11 is 0. The van der Waals surface area contributed by atoms with E-state index in [0.29, 0.717) is 0 Å². The van der Waals surface area contributed by atoms with E-state index in [1.807, 2.05) is 0 Å². The van der Waals surface area contributed by atoms with Crippen molar-refractivity contribution in [2.24, 2.45) is 0 Å². The normalized spacial score (nSPS) is 15.7. The maximum Gasteiger partial charge on any atom is -0.0235 e. The lowest BCUT2D eigenvalue weighted by molar-refractivity contribution is 0.675. The van der Waals surface area contributed by atoms with Gasteiger partial charge in [-0.25, -0.2) is 0 Å². The van der Waals surface area contributed by atoms with Gasteiger partial charge in [-0.15, -0.1) is 0 Å². The highest BCUT2D eigenvalue weighted by atomic mass is 14.1. The van der Waals surface area contributed by atoms with Gasteiger partial charge in [0.1, 0.15) is 0 Å². The van der Waals surface area contributed by atoms with Crippen molar-refractivity contribution in [2.75, 3.05) is 0 Å². The van der Waals surface area contributed by atoms with E-state index in [9.17, 15) is 0 Å². The second-order valence-electron chi connectivity index (χ2n) is 6.46. The van der Waals surface area contributed by atoms with E-state index in [-0.39, 0.29) is 0 Å². The number of benzene rings is 2. The first-order valence-electron chi connectivity index (χ1n) is 8.40. The summed E-state index contributed by atoms with van der Waals surface area (Å²) < 4.78 is 0. The molecule has 1 aliphatic rings. The summed E-state index contributed by atoms with van der Waals surface area (Å²) in [5.74, 6) is 0. The third-order valence-corrected chi connectivity index (χ3v) is 5.17. The molecule has 4 bridgehead atoms. The highest BCUT2D eigenvalue weighted by Crippen LogP contribution is 2.23. The summed E-state index contributed by atoms with van der Waals surface area (Å²) in [5, 5.41) is 0. The molecule has 0 aromatic heterocycles. The molecule has 21 heavy (non-hydrogen) atoms.